The highest BCUT2D eigenvalue weighted by Crippen LogP contribution is 2.29. The van der Waals surface area contributed by atoms with E-state index in [0.29, 0.717) is 12.5 Å². The monoisotopic (exact) mass is 310 g/mol. The van der Waals surface area contributed by atoms with Gasteiger partial charge >= 0.3 is 0 Å². The van der Waals surface area contributed by atoms with Crippen LogP contribution in [-0.4, -0.2) is 26.8 Å². The topological polar surface area (TPSA) is 52.8 Å². The van der Waals surface area contributed by atoms with E-state index in [1.54, 1.807) is 4.68 Å². The Morgan fingerprint density at radius 3 is 2.72 bits per heavy atom. The van der Waals surface area contributed by atoms with Crippen LogP contribution in [0.4, 0.5) is 0 Å². The average Bonchev–Trinajstić information content (AvgIpc) is 2.73. The lowest BCUT2D eigenvalue weighted by molar-refractivity contribution is 0.269. The third-order valence-electron chi connectivity index (χ3n) is 2.38. The van der Waals surface area contributed by atoms with Gasteiger partial charge in [-0.05, 0) is 50.5 Å². The molecule has 96 valence electrons. The van der Waals surface area contributed by atoms with Crippen molar-refractivity contribution in [3.63, 3.8) is 0 Å². The standard InChI is InChI=1S/C12H15BrN4O/c1-8(2)7-18-11-5-4-9(6-10(11)13)12-14-15-16-17(12)3/h4-6,8H,7H2,1-3H3. The Morgan fingerprint density at radius 2 is 2.17 bits per heavy atom. The predicted molar refractivity (Wildman–Crippen MR) is 72.3 cm³/mol. The van der Waals surface area contributed by atoms with Gasteiger partial charge in [-0.1, -0.05) is 13.8 Å². The highest BCUT2D eigenvalue weighted by atomic mass is 79.9. The summed E-state index contributed by atoms with van der Waals surface area (Å²) in [7, 11) is 1.81. The second kappa shape index (κ2) is 5.48. The fourth-order valence-corrected chi connectivity index (χ4v) is 1.98. The zero-order valence-electron chi connectivity index (χ0n) is 10.6. The van der Waals surface area contributed by atoms with E-state index in [1.807, 2.05) is 25.2 Å². The molecule has 0 fully saturated rings. The van der Waals surface area contributed by atoms with Gasteiger partial charge in [0.2, 0.25) is 0 Å². The Bertz CT molecular complexity index is 539. The first kappa shape index (κ1) is 13.0. The molecule has 0 saturated heterocycles. The van der Waals surface area contributed by atoms with Crippen molar-refractivity contribution >= 4 is 15.9 Å². The van der Waals surface area contributed by atoms with Crippen molar-refractivity contribution in [3.05, 3.63) is 22.7 Å². The molecule has 0 spiro atoms. The van der Waals surface area contributed by atoms with Gasteiger partial charge in [-0.3, -0.25) is 0 Å². The zero-order valence-corrected chi connectivity index (χ0v) is 12.2. The first-order valence-corrected chi connectivity index (χ1v) is 6.52. The van der Waals surface area contributed by atoms with Gasteiger partial charge in [0.25, 0.3) is 0 Å². The molecule has 18 heavy (non-hydrogen) atoms. The number of ether oxygens (including phenoxy) is 1. The molecule has 0 aliphatic heterocycles. The van der Waals surface area contributed by atoms with E-state index in [1.165, 1.54) is 0 Å². The highest BCUT2D eigenvalue weighted by molar-refractivity contribution is 9.10. The minimum absolute atomic E-state index is 0.500. The molecule has 2 aromatic rings. The van der Waals surface area contributed by atoms with E-state index in [4.69, 9.17) is 4.74 Å². The van der Waals surface area contributed by atoms with E-state index in [0.717, 1.165) is 21.6 Å². The van der Waals surface area contributed by atoms with Crippen molar-refractivity contribution < 1.29 is 4.74 Å². The molecule has 0 aliphatic carbocycles. The van der Waals surface area contributed by atoms with Crippen LogP contribution >= 0.6 is 15.9 Å². The predicted octanol–water partition coefficient (Wildman–Crippen LogP) is 2.67. The molecule has 1 aromatic carbocycles. The number of aromatic nitrogens is 4. The van der Waals surface area contributed by atoms with Crippen LogP contribution in [0.2, 0.25) is 0 Å². The van der Waals surface area contributed by atoms with Crippen LogP contribution in [0, 0.1) is 5.92 Å². The number of halogens is 1. The summed E-state index contributed by atoms with van der Waals surface area (Å²) in [5.74, 6) is 2.06. The summed E-state index contributed by atoms with van der Waals surface area (Å²) in [5, 5.41) is 11.4. The number of hydrogen-bond acceptors (Lipinski definition) is 4. The van der Waals surface area contributed by atoms with Gasteiger partial charge in [0, 0.05) is 12.6 Å². The van der Waals surface area contributed by atoms with Crippen LogP contribution in [0.3, 0.4) is 0 Å². The third kappa shape index (κ3) is 2.87. The average molecular weight is 311 g/mol. The van der Waals surface area contributed by atoms with Crippen LogP contribution in [0.25, 0.3) is 11.4 Å². The zero-order chi connectivity index (χ0) is 13.1. The van der Waals surface area contributed by atoms with Crippen LogP contribution in [0.15, 0.2) is 22.7 Å². The second-order valence-electron chi connectivity index (χ2n) is 4.48. The lowest BCUT2D eigenvalue weighted by atomic mass is 10.2. The normalized spacial score (nSPS) is 10.9. The summed E-state index contributed by atoms with van der Waals surface area (Å²) < 4.78 is 8.24. The van der Waals surface area contributed by atoms with Gasteiger partial charge in [0.05, 0.1) is 11.1 Å². The number of aryl methyl sites for hydroxylation is 1. The maximum absolute atomic E-state index is 5.70. The minimum atomic E-state index is 0.500. The summed E-state index contributed by atoms with van der Waals surface area (Å²) in [6.45, 7) is 4.93. The molecule has 0 bridgehead atoms. The highest BCUT2D eigenvalue weighted by Gasteiger charge is 2.09. The maximum atomic E-state index is 5.70. The van der Waals surface area contributed by atoms with E-state index >= 15 is 0 Å². The molecule has 0 aliphatic rings. The largest absolute Gasteiger partial charge is 0.492 e. The number of tetrazole rings is 1. The smallest absolute Gasteiger partial charge is 0.181 e. The minimum Gasteiger partial charge on any atom is -0.492 e. The summed E-state index contributed by atoms with van der Waals surface area (Å²) in [5.41, 5.74) is 0.950. The molecular formula is C12H15BrN4O. The molecule has 5 nitrogen and oxygen atoms in total. The molecular weight excluding hydrogens is 296 g/mol. The van der Waals surface area contributed by atoms with Crippen molar-refractivity contribution in [2.24, 2.45) is 13.0 Å². The Balaban J connectivity index is 2.22. The quantitative estimate of drug-likeness (QED) is 0.871. The summed E-state index contributed by atoms with van der Waals surface area (Å²) in [6, 6.07) is 5.84. The van der Waals surface area contributed by atoms with Gasteiger partial charge in [-0.2, -0.15) is 0 Å². The van der Waals surface area contributed by atoms with Crippen molar-refractivity contribution in [1.82, 2.24) is 20.2 Å². The Morgan fingerprint density at radius 1 is 1.39 bits per heavy atom. The molecule has 0 unspecified atom stereocenters. The molecule has 0 atom stereocenters. The number of benzene rings is 1. The molecule has 0 amide bonds. The van der Waals surface area contributed by atoms with E-state index in [-0.39, 0.29) is 0 Å². The van der Waals surface area contributed by atoms with Crippen LogP contribution in [0.1, 0.15) is 13.8 Å². The van der Waals surface area contributed by atoms with Gasteiger partial charge < -0.3 is 4.74 Å². The summed E-state index contributed by atoms with van der Waals surface area (Å²) >= 11 is 3.50. The van der Waals surface area contributed by atoms with E-state index in [9.17, 15) is 0 Å². The molecule has 6 heteroatoms. The fourth-order valence-electron chi connectivity index (χ4n) is 1.49. The number of hydrogen-bond donors (Lipinski definition) is 0. The van der Waals surface area contributed by atoms with E-state index in [2.05, 4.69) is 45.3 Å². The first-order valence-electron chi connectivity index (χ1n) is 5.73. The molecule has 1 aromatic heterocycles. The fraction of sp³-hybridized carbons (Fsp3) is 0.417. The lowest BCUT2D eigenvalue weighted by Crippen LogP contribution is -2.05. The van der Waals surface area contributed by atoms with Gasteiger partial charge in [-0.25, -0.2) is 4.68 Å². The molecule has 2 rings (SSSR count). The number of nitrogens with zero attached hydrogens (tertiary/aromatic N) is 4. The van der Waals surface area contributed by atoms with Crippen LogP contribution in [0.5, 0.6) is 5.75 Å². The Labute approximate surface area is 114 Å². The summed E-state index contributed by atoms with van der Waals surface area (Å²) in [4.78, 5) is 0. The van der Waals surface area contributed by atoms with Gasteiger partial charge in [0.15, 0.2) is 5.82 Å². The third-order valence-corrected chi connectivity index (χ3v) is 3.00. The second-order valence-corrected chi connectivity index (χ2v) is 5.33. The van der Waals surface area contributed by atoms with Crippen molar-refractivity contribution in [3.8, 4) is 17.1 Å². The van der Waals surface area contributed by atoms with Crippen molar-refractivity contribution in [2.45, 2.75) is 13.8 Å². The Hall–Kier alpha value is -1.43. The molecule has 0 N–H and O–H groups in total. The van der Waals surface area contributed by atoms with Crippen LogP contribution in [-0.2, 0) is 7.05 Å². The maximum Gasteiger partial charge on any atom is 0.181 e. The van der Waals surface area contributed by atoms with E-state index < -0.39 is 0 Å². The van der Waals surface area contributed by atoms with Gasteiger partial charge in [-0.15, -0.1) is 5.10 Å². The lowest BCUT2D eigenvalue weighted by Gasteiger charge is -2.11. The first-order chi connectivity index (χ1) is 8.58. The van der Waals surface area contributed by atoms with Crippen LogP contribution < -0.4 is 4.74 Å². The molecule has 0 radical (unpaired) electrons. The SMILES string of the molecule is CC(C)COc1ccc(-c2nnnn2C)cc1Br. The molecule has 1 heterocycles. The Kier molecular flexibility index (Phi) is 3.96. The molecule has 0 saturated carbocycles. The number of rotatable bonds is 4. The summed E-state index contributed by atoms with van der Waals surface area (Å²) in [6.07, 6.45) is 0. The van der Waals surface area contributed by atoms with Crippen molar-refractivity contribution in [2.75, 3.05) is 6.61 Å². The van der Waals surface area contributed by atoms with Crippen molar-refractivity contribution in [1.29, 1.82) is 0 Å². The van der Waals surface area contributed by atoms with Gasteiger partial charge in [0.1, 0.15) is 5.75 Å².